The third-order valence-electron chi connectivity index (χ3n) is 3.42. The molecule has 1 heterocycles. The second-order valence-electron chi connectivity index (χ2n) is 5.79. The van der Waals surface area contributed by atoms with Gasteiger partial charge < -0.3 is 10.4 Å². The second kappa shape index (κ2) is 3.86. The minimum atomic E-state index is -0.656. The molecule has 1 aromatic rings. The molecule has 2 heteroatoms. The zero-order chi connectivity index (χ0) is 11.8. The summed E-state index contributed by atoms with van der Waals surface area (Å²) in [5, 5.41) is 13.6. The molecule has 2 rings (SSSR count). The number of benzene rings is 1. The number of aliphatic hydroxyl groups is 1. The first-order chi connectivity index (χ1) is 7.42. The molecule has 0 saturated carbocycles. The second-order valence-corrected chi connectivity index (χ2v) is 5.79. The number of hydrogen-bond donors (Lipinski definition) is 2. The SMILES string of the molecule is CC(C)(C)c1ccc(C2(O)CCNC2)cc1. The van der Waals surface area contributed by atoms with Gasteiger partial charge in [0.1, 0.15) is 5.60 Å². The average Bonchev–Trinajstić information content (AvgIpc) is 2.66. The highest BCUT2D eigenvalue weighted by Gasteiger charge is 2.32. The quantitative estimate of drug-likeness (QED) is 0.758. The van der Waals surface area contributed by atoms with Gasteiger partial charge in [0, 0.05) is 6.54 Å². The molecule has 1 aliphatic heterocycles. The Bertz CT molecular complexity index is 355. The third kappa shape index (κ3) is 2.13. The van der Waals surface area contributed by atoms with Gasteiger partial charge in [0.15, 0.2) is 0 Å². The lowest BCUT2D eigenvalue weighted by Gasteiger charge is -2.24. The first-order valence-corrected chi connectivity index (χ1v) is 5.96. The fourth-order valence-electron chi connectivity index (χ4n) is 2.21. The van der Waals surface area contributed by atoms with E-state index in [0.717, 1.165) is 18.5 Å². The van der Waals surface area contributed by atoms with Crippen molar-refractivity contribution in [2.45, 2.75) is 38.2 Å². The molecule has 0 aliphatic carbocycles. The van der Waals surface area contributed by atoms with Crippen LogP contribution in [0.2, 0.25) is 0 Å². The highest BCUT2D eigenvalue weighted by molar-refractivity contribution is 5.31. The molecule has 0 amide bonds. The Morgan fingerprint density at radius 3 is 2.25 bits per heavy atom. The predicted octanol–water partition coefficient (Wildman–Crippen LogP) is 2.17. The largest absolute Gasteiger partial charge is 0.384 e. The van der Waals surface area contributed by atoms with Gasteiger partial charge in [-0.25, -0.2) is 0 Å². The minimum absolute atomic E-state index is 0.176. The molecule has 0 bridgehead atoms. The van der Waals surface area contributed by atoms with Crippen LogP contribution < -0.4 is 5.32 Å². The van der Waals surface area contributed by atoms with Crippen molar-refractivity contribution >= 4 is 0 Å². The van der Waals surface area contributed by atoms with Crippen molar-refractivity contribution in [2.24, 2.45) is 0 Å². The molecule has 0 spiro atoms. The van der Waals surface area contributed by atoms with Gasteiger partial charge in [0.2, 0.25) is 0 Å². The Balaban J connectivity index is 2.26. The number of rotatable bonds is 1. The number of β-amino-alcohol motifs (C(OH)–C–C–N with tert-alkyl or cyclic N) is 1. The topological polar surface area (TPSA) is 32.3 Å². The molecule has 0 radical (unpaired) electrons. The van der Waals surface area contributed by atoms with E-state index in [0.29, 0.717) is 6.54 Å². The lowest BCUT2D eigenvalue weighted by Crippen LogP contribution is -2.28. The van der Waals surface area contributed by atoms with E-state index >= 15 is 0 Å². The summed E-state index contributed by atoms with van der Waals surface area (Å²) >= 11 is 0. The van der Waals surface area contributed by atoms with Crippen LogP contribution >= 0.6 is 0 Å². The highest BCUT2D eigenvalue weighted by atomic mass is 16.3. The maximum absolute atomic E-state index is 10.4. The fraction of sp³-hybridized carbons (Fsp3) is 0.571. The standard InChI is InChI=1S/C14H21NO/c1-13(2,3)11-4-6-12(7-5-11)14(16)8-9-15-10-14/h4-7,15-16H,8-10H2,1-3H3. The molecule has 1 unspecified atom stereocenters. The summed E-state index contributed by atoms with van der Waals surface area (Å²) in [5.41, 5.74) is 1.86. The van der Waals surface area contributed by atoms with Crippen LogP contribution in [-0.2, 0) is 11.0 Å². The molecule has 0 aromatic heterocycles. The van der Waals surface area contributed by atoms with Crippen molar-refractivity contribution in [2.75, 3.05) is 13.1 Å². The molecule has 1 atom stereocenters. The van der Waals surface area contributed by atoms with Gasteiger partial charge in [0.05, 0.1) is 0 Å². The van der Waals surface area contributed by atoms with E-state index in [1.807, 2.05) is 0 Å². The summed E-state index contributed by atoms with van der Waals surface area (Å²) in [7, 11) is 0. The molecule has 2 N–H and O–H groups in total. The zero-order valence-corrected chi connectivity index (χ0v) is 10.4. The summed E-state index contributed by atoms with van der Waals surface area (Å²) in [6, 6.07) is 8.39. The predicted molar refractivity (Wildman–Crippen MR) is 66.5 cm³/mol. The van der Waals surface area contributed by atoms with Gasteiger partial charge in [-0.3, -0.25) is 0 Å². The summed E-state index contributed by atoms with van der Waals surface area (Å²) in [6.45, 7) is 8.18. The minimum Gasteiger partial charge on any atom is -0.384 e. The number of nitrogens with one attached hydrogen (secondary N) is 1. The van der Waals surface area contributed by atoms with Gasteiger partial charge >= 0.3 is 0 Å². The van der Waals surface area contributed by atoms with Crippen LogP contribution in [0.15, 0.2) is 24.3 Å². The van der Waals surface area contributed by atoms with E-state index < -0.39 is 5.60 Å². The Hall–Kier alpha value is -0.860. The van der Waals surface area contributed by atoms with E-state index in [9.17, 15) is 5.11 Å². The van der Waals surface area contributed by atoms with E-state index in [-0.39, 0.29) is 5.41 Å². The summed E-state index contributed by atoms with van der Waals surface area (Å²) < 4.78 is 0. The summed E-state index contributed by atoms with van der Waals surface area (Å²) in [6.07, 6.45) is 0.807. The van der Waals surface area contributed by atoms with Crippen LogP contribution in [0.5, 0.6) is 0 Å². The van der Waals surface area contributed by atoms with Crippen LogP contribution in [0.1, 0.15) is 38.3 Å². The van der Waals surface area contributed by atoms with Crippen LogP contribution in [0.3, 0.4) is 0 Å². The van der Waals surface area contributed by atoms with E-state index in [2.05, 4.69) is 50.4 Å². The van der Waals surface area contributed by atoms with Gasteiger partial charge in [-0.1, -0.05) is 45.0 Å². The molecular weight excluding hydrogens is 198 g/mol. The van der Waals surface area contributed by atoms with Gasteiger partial charge in [-0.2, -0.15) is 0 Å². The Labute approximate surface area is 97.7 Å². The van der Waals surface area contributed by atoms with E-state index in [4.69, 9.17) is 0 Å². The van der Waals surface area contributed by atoms with E-state index in [1.165, 1.54) is 5.56 Å². The fourth-order valence-corrected chi connectivity index (χ4v) is 2.21. The molecule has 1 fully saturated rings. The molecule has 1 saturated heterocycles. The van der Waals surface area contributed by atoms with Crippen LogP contribution in [0.4, 0.5) is 0 Å². The first kappa shape index (κ1) is 11.6. The number of hydrogen-bond acceptors (Lipinski definition) is 2. The van der Waals surface area contributed by atoms with Gasteiger partial charge in [0.25, 0.3) is 0 Å². The zero-order valence-electron chi connectivity index (χ0n) is 10.4. The van der Waals surface area contributed by atoms with Crippen molar-refractivity contribution in [3.63, 3.8) is 0 Å². The molecular formula is C14H21NO. The van der Waals surface area contributed by atoms with Crippen LogP contribution in [-0.4, -0.2) is 18.2 Å². The van der Waals surface area contributed by atoms with Crippen molar-refractivity contribution < 1.29 is 5.11 Å². The average molecular weight is 219 g/mol. The maximum Gasteiger partial charge on any atom is 0.103 e. The van der Waals surface area contributed by atoms with Crippen LogP contribution in [0.25, 0.3) is 0 Å². The molecule has 1 aliphatic rings. The van der Waals surface area contributed by atoms with Gasteiger partial charge in [-0.05, 0) is 29.5 Å². The van der Waals surface area contributed by atoms with Crippen molar-refractivity contribution in [1.82, 2.24) is 5.32 Å². The van der Waals surface area contributed by atoms with E-state index in [1.54, 1.807) is 0 Å². The maximum atomic E-state index is 10.4. The summed E-state index contributed by atoms with van der Waals surface area (Å²) in [5.74, 6) is 0. The Morgan fingerprint density at radius 2 is 1.81 bits per heavy atom. The monoisotopic (exact) mass is 219 g/mol. The third-order valence-corrected chi connectivity index (χ3v) is 3.42. The summed E-state index contributed by atoms with van der Waals surface area (Å²) in [4.78, 5) is 0. The van der Waals surface area contributed by atoms with Crippen molar-refractivity contribution in [1.29, 1.82) is 0 Å². The van der Waals surface area contributed by atoms with Crippen molar-refractivity contribution in [3.8, 4) is 0 Å². The van der Waals surface area contributed by atoms with Crippen molar-refractivity contribution in [3.05, 3.63) is 35.4 Å². The molecule has 2 nitrogen and oxygen atoms in total. The first-order valence-electron chi connectivity index (χ1n) is 5.96. The normalized spacial score (nSPS) is 26.0. The molecule has 88 valence electrons. The Morgan fingerprint density at radius 1 is 1.19 bits per heavy atom. The molecule has 16 heavy (non-hydrogen) atoms. The van der Waals surface area contributed by atoms with Crippen LogP contribution in [0, 0.1) is 0 Å². The smallest absolute Gasteiger partial charge is 0.103 e. The lowest BCUT2D eigenvalue weighted by atomic mass is 9.84. The lowest BCUT2D eigenvalue weighted by molar-refractivity contribution is 0.0587. The molecule has 1 aromatic carbocycles. The highest BCUT2D eigenvalue weighted by Crippen LogP contribution is 2.30. The van der Waals surface area contributed by atoms with Gasteiger partial charge in [-0.15, -0.1) is 0 Å². The Kier molecular flexibility index (Phi) is 2.81.